The molecule has 1 amide bonds. The van der Waals surface area contributed by atoms with Crippen molar-refractivity contribution < 1.29 is 38.8 Å². The minimum atomic E-state index is -1.07. The van der Waals surface area contributed by atoms with Crippen LogP contribution in [-0.2, 0) is 14.3 Å². The molecule has 40 heavy (non-hydrogen) atoms. The van der Waals surface area contributed by atoms with Crippen molar-refractivity contribution in [3.05, 3.63) is 89.0 Å². The maximum absolute atomic E-state index is 13.5. The van der Waals surface area contributed by atoms with Gasteiger partial charge in [0.25, 0.3) is 11.7 Å². The van der Waals surface area contributed by atoms with Crippen LogP contribution in [0.1, 0.15) is 55.2 Å². The van der Waals surface area contributed by atoms with Gasteiger partial charge < -0.3 is 24.4 Å². The highest BCUT2D eigenvalue weighted by molar-refractivity contribution is 6.51. The Morgan fingerprint density at radius 1 is 0.950 bits per heavy atom. The number of aromatic hydroxyl groups is 1. The molecule has 0 bridgehead atoms. The van der Waals surface area contributed by atoms with E-state index in [1.807, 2.05) is 6.92 Å². The molecular formula is C31H31NO8. The third-order valence-electron chi connectivity index (χ3n) is 6.18. The van der Waals surface area contributed by atoms with E-state index < -0.39 is 29.5 Å². The molecule has 2 N–H and O–H groups in total. The van der Waals surface area contributed by atoms with Crippen LogP contribution in [0.3, 0.4) is 0 Å². The average Bonchev–Trinajstić information content (AvgIpc) is 3.19. The number of ether oxygens (including phenoxy) is 3. The molecule has 1 saturated heterocycles. The number of hydrogen-bond donors (Lipinski definition) is 2. The van der Waals surface area contributed by atoms with Crippen molar-refractivity contribution in [2.45, 2.75) is 39.8 Å². The summed E-state index contributed by atoms with van der Waals surface area (Å²) in [6.45, 7) is 7.78. The molecule has 1 fully saturated rings. The first-order chi connectivity index (χ1) is 19.2. The summed E-state index contributed by atoms with van der Waals surface area (Å²) in [5.74, 6) is -2.03. The van der Waals surface area contributed by atoms with Crippen molar-refractivity contribution in [1.82, 2.24) is 0 Å². The van der Waals surface area contributed by atoms with E-state index >= 15 is 0 Å². The van der Waals surface area contributed by atoms with Gasteiger partial charge in [0.15, 0.2) is 0 Å². The first kappa shape index (κ1) is 28.2. The first-order valence-corrected chi connectivity index (χ1v) is 13.0. The number of amides is 1. The Balaban J connectivity index is 1.91. The molecular weight excluding hydrogens is 514 g/mol. The number of esters is 1. The zero-order valence-corrected chi connectivity index (χ0v) is 22.7. The molecule has 0 aliphatic carbocycles. The predicted octanol–water partition coefficient (Wildman–Crippen LogP) is 5.38. The van der Waals surface area contributed by atoms with E-state index in [9.17, 15) is 24.6 Å². The zero-order chi connectivity index (χ0) is 29.0. The molecule has 1 aliphatic heterocycles. The number of hydrogen-bond acceptors (Lipinski definition) is 8. The summed E-state index contributed by atoms with van der Waals surface area (Å²) in [6.07, 6.45) is -0.351. The van der Waals surface area contributed by atoms with Crippen molar-refractivity contribution in [1.29, 1.82) is 0 Å². The Kier molecular flexibility index (Phi) is 8.43. The number of carbonyl (C=O) groups excluding carboxylic acids is 3. The van der Waals surface area contributed by atoms with Crippen LogP contribution >= 0.6 is 0 Å². The highest BCUT2D eigenvalue weighted by Crippen LogP contribution is 2.44. The monoisotopic (exact) mass is 545 g/mol. The Morgan fingerprint density at radius 2 is 1.65 bits per heavy atom. The van der Waals surface area contributed by atoms with Gasteiger partial charge in [-0.1, -0.05) is 18.2 Å². The number of aliphatic hydroxyl groups excluding tert-OH is 1. The summed E-state index contributed by atoms with van der Waals surface area (Å²) in [6, 6.07) is 15.9. The maximum atomic E-state index is 13.5. The fraction of sp³-hybridized carbons (Fsp3) is 0.258. The van der Waals surface area contributed by atoms with E-state index in [1.165, 1.54) is 23.1 Å². The van der Waals surface area contributed by atoms with Gasteiger partial charge in [0.2, 0.25) is 0 Å². The molecule has 208 valence electrons. The van der Waals surface area contributed by atoms with Crippen LogP contribution < -0.4 is 14.4 Å². The standard InChI is InChI=1S/C31H31NO8/c1-5-38-23-14-15-24(25(17-23)39-6-2)28(34)26-27(19-10-12-22(33)13-11-19)32(30(36)29(26)35)21-9-7-8-20(16-21)31(37)40-18(3)4/h7-18,27,33-34H,5-6H2,1-4H3/b28-26-. The number of anilines is 1. The second-order valence-corrected chi connectivity index (χ2v) is 9.29. The maximum Gasteiger partial charge on any atom is 0.338 e. The Bertz CT molecular complexity index is 1460. The molecule has 1 atom stereocenters. The van der Waals surface area contributed by atoms with Gasteiger partial charge in [-0.25, -0.2) is 4.79 Å². The fourth-order valence-corrected chi connectivity index (χ4v) is 4.51. The lowest BCUT2D eigenvalue weighted by Gasteiger charge is -2.26. The van der Waals surface area contributed by atoms with Crippen LogP contribution in [0.4, 0.5) is 5.69 Å². The lowest BCUT2D eigenvalue weighted by atomic mass is 9.94. The van der Waals surface area contributed by atoms with Crippen molar-refractivity contribution in [2.24, 2.45) is 0 Å². The van der Waals surface area contributed by atoms with Gasteiger partial charge in [-0.3, -0.25) is 14.5 Å². The van der Waals surface area contributed by atoms with Crippen molar-refractivity contribution in [3.8, 4) is 17.2 Å². The second-order valence-electron chi connectivity index (χ2n) is 9.29. The van der Waals surface area contributed by atoms with Crippen molar-refractivity contribution in [2.75, 3.05) is 18.1 Å². The van der Waals surface area contributed by atoms with E-state index in [0.717, 1.165) is 0 Å². The minimum absolute atomic E-state index is 0.00993. The third-order valence-corrected chi connectivity index (χ3v) is 6.18. The molecule has 9 nitrogen and oxygen atoms in total. The zero-order valence-electron chi connectivity index (χ0n) is 22.7. The predicted molar refractivity (Wildman–Crippen MR) is 149 cm³/mol. The molecule has 0 saturated carbocycles. The largest absolute Gasteiger partial charge is 0.508 e. The molecule has 9 heteroatoms. The Hall–Kier alpha value is -4.79. The summed E-state index contributed by atoms with van der Waals surface area (Å²) in [4.78, 5) is 40.9. The second kappa shape index (κ2) is 11.9. The van der Waals surface area contributed by atoms with E-state index in [1.54, 1.807) is 69.3 Å². The van der Waals surface area contributed by atoms with Gasteiger partial charge in [0, 0.05) is 11.8 Å². The Morgan fingerprint density at radius 3 is 2.30 bits per heavy atom. The van der Waals surface area contributed by atoms with Crippen LogP contribution in [-0.4, -0.2) is 47.2 Å². The lowest BCUT2D eigenvalue weighted by molar-refractivity contribution is -0.132. The summed E-state index contributed by atoms with van der Waals surface area (Å²) >= 11 is 0. The molecule has 0 radical (unpaired) electrons. The molecule has 0 spiro atoms. The van der Waals surface area contributed by atoms with Gasteiger partial charge in [-0.15, -0.1) is 0 Å². The summed E-state index contributed by atoms with van der Waals surface area (Å²) in [7, 11) is 0. The van der Waals surface area contributed by atoms with Crippen LogP contribution in [0.25, 0.3) is 5.76 Å². The molecule has 3 aromatic rings. The highest BCUT2D eigenvalue weighted by atomic mass is 16.5. The van der Waals surface area contributed by atoms with E-state index in [4.69, 9.17) is 14.2 Å². The van der Waals surface area contributed by atoms with E-state index in [2.05, 4.69) is 0 Å². The van der Waals surface area contributed by atoms with Crippen LogP contribution in [0.2, 0.25) is 0 Å². The molecule has 1 aliphatic rings. The summed E-state index contributed by atoms with van der Waals surface area (Å²) < 4.78 is 16.6. The van der Waals surface area contributed by atoms with Gasteiger partial charge in [-0.2, -0.15) is 0 Å². The molecule has 1 unspecified atom stereocenters. The minimum Gasteiger partial charge on any atom is -0.508 e. The summed E-state index contributed by atoms with van der Waals surface area (Å²) in [5, 5.41) is 21.5. The first-order valence-electron chi connectivity index (χ1n) is 13.0. The smallest absolute Gasteiger partial charge is 0.338 e. The number of aliphatic hydroxyl groups is 1. The number of rotatable bonds is 9. The number of nitrogens with zero attached hydrogens (tertiary/aromatic N) is 1. The number of Topliss-reactive ketones (excluding diaryl/α,β-unsaturated/α-hetero) is 1. The molecule has 3 aromatic carbocycles. The summed E-state index contributed by atoms with van der Waals surface area (Å²) in [5.41, 5.74) is 0.951. The normalized spacial score (nSPS) is 16.3. The molecule has 0 aromatic heterocycles. The van der Waals surface area contributed by atoms with Crippen LogP contribution in [0.5, 0.6) is 17.2 Å². The number of ketones is 1. The van der Waals surface area contributed by atoms with Crippen molar-refractivity contribution in [3.63, 3.8) is 0 Å². The van der Waals surface area contributed by atoms with Gasteiger partial charge >= 0.3 is 5.97 Å². The quantitative estimate of drug-likeness (QED) is 0.159. The highest BCUT2D eigenvalue weighted by Gasteiger charge is 2.47. The number of benzene rings is 3. The number of phenolic OH excluding ortho intramolecular Hbond substituents is 1. The Labute approximate surface area is 232 Å². The van der Waals surface area contributed by atoms with E-state index in [-0.39, 0.29) is 46.6 Å². The van der Waals surface area contributed by atoms with Crippen LogP contribution in [0.15, 0.2) is 72.3 Å². The topological polar surface area (TPSA) is 123 Å². The third kappa shape index (κ3) is 5.63. The molecule has 1 heterocycles. The average molecular weight is 546 g/mol. The van der Waals surface area contributed by atoms with Crippen LogP contribution in [0, 0.1) is 0 Å². The molecule has 4 rings (SSSR count). The van der Waals surface area contributed by atoms with Gasteiger partial charge in [0.05, 0.1) is 42.1 Å². The van der Waals surface area contributed by atoms with Gasteiger partial charge in [0.1, 0.15) is 23.0 Å². The SMILES string of the molecule is CCOc1ccc(/C(O)=C2/C(=O)C(=O)N(c3cccc(C(=O)OC(C)C)c3)C2c2ccc(O)cc2)c(OCC)c1. The van der Waals surface area contributed by atoms with Crippen molar-refractivity contribution >= 4 is 29.1 Å². The van der Waals surface area contributed by atoms with E-state index in [0.29, 0.717) is 17.9 Å². The number of phenols is 1. The number of carbonyl (C=O) groups is 3. The fourth-order valence-electron chi connectivity index (χ4n) is 4.51. The van der Waals surface area contributed by atoms with Gasteiger partial charge in [-0.05, 0) is 75.7 Å². The lowest BCUT2D eigenvalue weighted by Crippen LogP contribution is -2.29.